The number of hydrogen-bond acceptors (Lipinski definition) is 6. The Kier molecular flexibility index (Phi) is 6.63. The number of carboxylic acids is 1. The van der Waals surface area contributed by atoms with Crippen LogP contribution in [-0.4, -0.2) is 28.4 Å². The molecule has 1 fully saturated rings. The number of carbonyl (C=O) groups excluding carboxylic acids is 1. The van der Waals surface area contributed by atoms with Gasteiger partial charge in [-0.3, -0.25) is 10.1 Å². The van der Waals surface area contributed by atoms with E-state index in [9.17, 15) is 9.59 Å². The highest BCUT2D eigenvalue weighted by molar-refractivity contribution is 5.90. The summed E-state index contributed by atoms with van der Waals surface area (Å²) in [7, 11) is 0. The number of carboxylic acid groups (broad SMARTS) is 1. The van der Waals surface area contributed by atoms with Crippen molar-refractivity contribution in [2.75, 3.05) is 5.32 Å². The molecule has 172 valence electrons. The second-order valence-corrected chi connectivity index (χ2v) is 8.17. The van der Waals surface area contributed by atoms with Crippen molar-refractivity contribution in [1.29, 1.82) is 0 Å². The molecule has 1 heterocycles. The molecule has 0 saturated heterocycles. The van der Waals surface area contributed by atoms with Crippen LogP contribution >= 0.6 is 0 Å². The first-order valence-corrected chi connectivity index (χ1v) is 10.9. The number of aryl methyl sites for hydroxylation is 1. The fourth-order valence-electron chi connectivity index (χ4n) is 3.95. The van der Waals surface area contributed by atoms with Gasteiger partial charge in [-0.05, 0) is 62.9 Å². The van der Waals surface area contributed by atoms with Gasteiger partial charge in [-0.15, -0.1) is 0 Å². The Hall–Kier alpha value is -3.81. The second kappa shape index (κ2) is 9.77. The first-order valence-electron chi connectivity index (χ1n) is 10.9. The van der Waals surface area contributed by atoms with Crippen LogP contribution in [0, 0.1) is 12.8 Å². The lowest BCUT2D eigenvalue weighted by atomic mass is 10.1. The molecule has 1 aliphatic carbocycles. The predicted octanol–water partition coefficient (Wildman–Crippen LogP) is 5.59. The average Bonchev–Trinajstić information content (AvgIpc) is 3.42. The van der Waals surface area contributed by atoms with Crippen molar-refractivity contribution in [3.05, 3.63) is 65.9 Å². The zero-order chi connectivity index (χ0) is 23.4. The molecule has 0 bridgehead atoms. The van der Waals surface area contributed by atoms with Crippen molar-refractivity contribution < 1.29 is 28.7 Å². The van der Waals surface area contributed by atoms with E-state index in [1.807, 2.05) is 42.5 Å². The summed E-state index contributed by atoms with van der Waals surface area (Å²) in [5.41, 5.74) is 2.57. The minimum absolute atomic E-state index is 0.108. The maximum atomic E-state index is 12.5. The summed E-state index contributed by atoms with van der Waals surface area (Å²) in [5, 5.41) is 15.9. The van der Waals surface area contributed by atoms with Gasteiger partial charge in [0.1, 0.15) is 23.2 Å². The average molecular weight is 450 g/mol. The van der Waals surface area contributed by atoms with Crippen molar-refractivity contribution in [3.63, 3.8) is 0 Å². The summed E-state index contributed by atoms with van der Waals surface area (Å²) in [4.78, 5) is 23.6. The number of carbonyl (C=O) groups is 2. The normalized spacial score (nSPS) is 18.5. The van der Waals surface area contributed by atoms with E-state index >= 15 is 0 Å². The molecule has 8 nitrogen and oxygen atoms in total. The highest BCUT2D eigenvalue weighted by Gasteiger charge is 2.31. The van der Waals surface area contributed by atoms with E-state index in [2.05, 4.69) is 10.5 Å². The Labute approximate surface area is 191 Å². The third-order valence-electron chi connectivity index (χ3n) is 5.80. The van der Waals surface area contributed by atoms with Gasteiger partial charge in [-0.1, -0.05) is 35.5 Å². The number of nitrogens with zero attached hydrogens (tertiary/aromatic N) is 1. The van der Waals surface area contributed by atoms with Crippen LogP contribution in [0.25, 0.3) is 11.3 Å². The van der Waals surface area contributed by atoms with Crippen LogP contribution in [0.15, 0.2) is 59.1 Å². The number of nitrogens with one attached hydrogen (secondary N) is 1. The van der Waals surface area contributed by atoms with Crippen molar-refractivity contribution in [3.8, 4) is 17.1 Å². The first kappa shape index (κ1) is 22.4. The summed E-state index contributed by atoms with van der Waals surface area (Å²) in [6.07, 6.45) is 0.732. The SMILES string of the molecule is Cc1noc(-c2ccc(OC3CCC(C(=O)O)C3)cc2)c1NC(=O)O[C@H](C)c1ccccc1. The zero-order valence-corrected chi connectivity index (χ0v) is 18.5. The largest absolute Gasteiger partial charge is 0.490 e. The molecular formula is C25H26N2O6. The molecule has 0 radical (unpaired) electrons. The number of ether oxygens (including phenoxy) is 2. The summed E-state index contributed by atoms with van der Waals surface area (Å²) in [6.45, 7) is 3.54. The van der Waals surface area contributed by atoms with Gasteiger partial charge in [0.15, 0.2) is 5.76 Å². The van der Waals surface area contributed by atoms with Crippen LogP contribution in [-0.2, 0) is 9.53 Å². The van der Waals surface area contributed by atoms with Crippen LogP contribution in [0.1, 0.15) is 43.5 Å². The van der Waals surface area contributed by atoms with E-state index in [-0.39, 0.29) is 12.0 Å². The minimum atomic E-state index is -0.770. The molecule has 3 atom stereocenters. The van der Waals surface area contributed by atoms with E-state index in [4.69, 9.17) is 19.1 Å². The van der Waals surface area contributed by atoms with E-state index in [0.29, 0.717) is 41.3 Å². The van der Waals surface area contributed by atoms with E-state index in [1.54, 1.807) is 26.0 Å². The minimum Gasteiger partial charge on any atom is -0.490 e. The smallest absolute Gasteiger partial charge is 0.412 e. The number of hydrogen-bond donors (Lipinski definition) is 2. The predicted molar refractivity (Wildman–Crippen MR) is 121 cm³/mol. The number of benzene rings is 2. The lowest BCUT2D eigenvalue weighted by Crippen LogP contribution is -2.16. The molecule has 1 aliphatic rings. The van der Waals surface area contributed by atoms with Gasteiger partial charge in [0.2, 0.25) is 0 Å². The molecule has 1 amide bonds. The monoisotopic (exact) mass is 450 g/mol. The number of anilines is 1. The topological polar surface area (TPSA) is 111 Å². The number of amides is 1. The van der Waals surface area contributed by atoms with Gasteiger partial charge in [0.25, 0.3) is 0 Å². The Morgan fingerprint density at radius 2 is 1.85 bits per heavy atom. The third kappa shape index (κ3) is 5.34. The first-order chi connectivity index (χ1) is 15.9. The zero-order valence-electron chi connectivity index (χ0n) is 18.5. The van der Waals surface area contributed by atoms with Gasteiger partial charge in [0, 0.05) is 5.56 Å². The lowest BCUT2D eigenvalue weighted by molar-refractivity contribution is -0.141. The fraction of sp³-hybridized carbons (Fsp3) is 0.320. The van der Waals surface area contributed by atoms with Crippen molar-refractivity contribution in [2.45, 2.75) is 45.3 Å². The van der Waals surface area contributed by atoms with E-state index in [1.165, 1.54) is 0 Å². The fourth-order valence-corrected chi connectivity index (χ4v) is 3.95. The molecule has 0 spiro atoms. The maximum Gasteiger partial charge on any atom is 0.412 e. The summed E-state index contributed by atoms with van der Waals surface area (Å²) >= 11 is 0. The van der Waals surface area contributed by atoms with Gasteiger partial charge < -0.3 is 19.1 Å². The van der Waals surface area contributed by atoms with Crippen LogP contribution < -0.4 is 10.1 Å². The molecule has 0 aliphatic heterocycles. The second-order valence-electron chi connectivity index (χ2n) is 8.17. The molecule has 33 heavy (non-hydrogen) atoms. The number of aliphatic carboxylic acids is 1. The molecule has 2 unspecified atom stereocenters. The summed E-state index contributed by atoms with van der Waals surface area (Å²) in [5.74, 6) is -0.0508. The third-order valence-corrected chi connectivity index (χ3v) is 5.80. The molecule has 8 heteroatoms. The Morgan fingerprint density at radius 1 is 1.12 bits per heavy atom. The van der Waals surface area contributed by atoms with Crippen molar-refractivity contribution in [2.24, 2.45) is 5.92 Å². The van der Waals surface area contributed by atoms with Crippen molar-refractivity contribution >= 4 is 17.7 Å². The molecule has 2 N–H and O–H groups in total. The van der Waals surface area contributed by atoms with Gasteiger partial charge >= 0.3 is 12.1 Å². The standard InChI is InChI=1S/C25H26N2O6/c1-15-22(26-25(30)31-16(2)17-6-4-3-5-7-17)23(33-27-15)18-8-11-20(12-9-18)32-21-13-10-19(14-21)24(28)29/h3-9,11-12,16,19,21H,10,13-14H2,1-2H3,(H,26,30)(H,28,29)/t16-,19?,21?/m1/s1. The van der Waals surface area contributed by atoms with E-state index < -0.39 is 18.2 Å². The van der Waals surface area contributed by atoms with Crippen LogP contribution in [0.2, 0.25) is 0 Å². The summed E-state index contributed by atoms with van der Waals surface area (Å²) < 4.78 is 16.9. The Balaban J connectivity index is 1.41. The number of aromatic nitrogens is 1. The summed E-state index contributed by atoms with van der Waals surface area (Å²) in [6, 6.07) is 16.7. The molecule has 1 saturated carbocycles. The molecule has 4 rings (SSSR count). The van der Waals surface area contributed by atoms with Crippen LogP contribution in [0.3, 0.4) is 0 Å². The van der Waals surface area contributed by atoms with Crippen molar-refractivity contribution in [1.82, 2.24) is 5.16 Å². The quantitative estimate of drug-likeness (QED) is 0.482. The maximum absolute atomic E-state index is 12.5. The molecule has 3 aromatic rings. The van der Waals surface area contributed by atoms with Gasteiger partial charge in [-0.2, -0.15) is 0 Å². The Bertz CT molecular complexity index is 1110. The highest BCUT2D eigenvalue weighted by Crippen LogP contribution is 2.34. The molecule has 2 aromatic carbocycles. The highest BCUT2D eigenvalue weighted by atomic mass is 16.6. The van der Waals surface area contributed by atoms with E-state index in [0.717, 1.165) is 12.0 Å². The molecule has 1 aromatic heterocycles. The van der Waals surface area contributed by atoms with Gasteiger partial charge in [0.05, 0.1) is 12.0 Å². The molecular weight excluding hydrogens is 424 g/mol. The van der Waals surface area contributed by atoms with Crippen LogP contribution in [0.5, 0.6) is 5.75 Å². The lowest BCUT2D eigenvalue weighted by Gasteiger charge is -2.15. The van der Waals surface area contributed by atoms with Crippen LogP contribution in [0.4, 0.5) is 10.5 Å². The Morgan fingerprint density at radius 3 is 2.52 bits per heavy atom. The number of rotatable bonds is 7. The van der Waals surface area contributed by atoms with Gasteiger partial charge in [-0.25, -0.2) is 4.79 Å².